The Kier molecular flexibility index (Phi) is 5.07. The summed E-state index contributed by atoms with van der Waals surface area (Å²) in [5.74, 6) is 0. The fraction of sp³-hybridized carbons (Fsp3) is 0.250. The highest BCUT2D eigenvalue weighted by Crippen LogP contribution is 2.13. The molecule has 0 saturated carbocycles. The van der Waals surface area contributed by atoms with Crippen LogP contribution in [0, 0.1) is 0 Å². The smallest absolute Gasteiger partial charge is 0.262 e. The molecule has 0 saturated heterocycles. The summed E-state index contributed by atoms with van der Waals surface area (Å²) in [5.41, 5.74) is 0.827. The molecule has 0 aliphatic heterocycles. The van der Waals surface area contributed by atoms with Crippen LogP contribution >= 0.6 is 22.9 Å². The number of aromatic nitrogens is 2. The molecule has 1 atom stereocenters. The molecular formula is C16H15ClN2O3S. The van der Waals surface area contributed by atoms with Gasteiger partial charge < -0.3 is 9.84 Å². The second-order valence-corrected chi connectivity index (χ2v) is 6.47. The Hall–Kier alpha value is -1.73. The maximum atomic E-state index is 12.2. The van der Waals surface area contributed by atoms with Gasteiger partial charge in [0.25, 0.3) is 5.56 Å². The first-order valence-corrected chi connectivity index (χ1v) is 8.32. The van der Waals surface area contributed by atoms with Crippen LogP contribution in [0.15, 0.2) is 46.8 Å². The van der Waals surface area contributed by atoms with Crippen molar-refractivity contribution in [1.82, 2.24) is 9.55 Å². The molecule has 0 fully saturated rings. The van der Waals surface area contributed by atoms with Gasteiger partial charge in [0, 0.05) is 5.02 Å². The van der Waals surface area contributed by atoms with Crippen molar-refractivity contribution in [3.63, 3.8) is 0 Å². The fourth-order valence-corrected chi connectivity index (χ4v) is 3.05. The number of hydrogen-bond donors (Lipinski definition) is 1. The lowest BCUT2D eigenvalue weighted by molar-refractivity contribution is 0.0198. The van der Waals surface area contributed by atoms with Gasteiger partial charge >= 0.3 is 0 Å². The molecule has 0 bridgehead atoms. The van der Waals surface area contributed by atoms with Crippen LogP contribution < -0.4 is 5.56 Å². The number of halogens is 1. The number of aliphatic hydroxyl groups excluding tert-OH is 1. The van der Waals surface area contributed by atoms with E-state index >= 15 is 0 Å². The quantitative estimate of drug-likeness (QED) is 0.742. The van der Waals surface area contributed by atoms with E-state index in [4.69, 9.17) is 16.3 Å². The van der Waals surface area contributed by atoms with E-state index in [0.29, 0.717) is 21.8 Å². The first-order valence-electron chi connectivity index (χ1n) is 7.06. The number of ether oxygens (including phenoxy) is 1. The number of fused-ring (bicyclic) bond motifs is 1. The van der Waals surface area contributed by atoms with Crippen LogP contribution in [-0.2, 0) is 17.9 Å². The Morgan fingerprint density at radius 3 is 2.87 bits per heavy atom. The van der Waals surface area contributed by atoms with Crippen molar-refractivity contribution >= 4 is 33.2 Å². The van der Waals surface area contributed by atoms with Gasteiger partial charge in [0.05, 0.1) is 37.6 Å². The van der Waals surface area contributed by atoms with Crippen LogP contribution in [0.3, 0.4) is 0 Å². The van der Waals surface area contributed by atoms with Crippen molar-refractivity contribution in [3.05, 3.63) is 63.0 Å². The maximum Gasteiger partial charge on any atom is 0.262 e. The molecule has 2 aromatic heterocycles. The van der Waals surface area contributed by atoms with Gasteiger partial charge in [-0.1, -0.05) is 23.7 Å². The second kappa shape index (κ2) is 7.23. The van der Waals surface area contributed by atoms with Gasteiger partial charge in [-0.05, 0) is 29.1 Å². The number of thiophene rings is 1. The molecule has 0 amide bonds. The second-order valence-electron chi connectivity index (χ2n) is 5.14. The standard InChI is InChI=1S/C16H15ClN2O3S/c17-12-3-1-11(2-4-12)8-22-9-13(20)7-19-10-18-15-14(16(19)21)5-6-23-15/h1-6,10,13,20H,7-9H2/t13-/m0/s1. The van der Waals surface area contributed by atoms with Crippen molar-refractivity contribution in [3.8, 4) is 0 Å². The minimum Gasteiger partial charge on any atom is -0.389 e. The van der Waals surface area contributed by atoms with E-state index in [2.05, 4.69) is 4.98 Å². The highest BCUT2D eigenvalue weighted by molar-refractivity contribution is 7.16. The zero-order valence-electron chi connectivity index (χ0n) is 12.2. The summed E-state index contributed by atoms with van der Waals surface area (Å²) in [6, 6.07) is 9.06. The Balaban J connectivity index is 1.56. The molecule has 120 valence electrons. The summed E-state index contributed by atoms with van der Waals surface area (Å²) in [7, 11) is 0. The summed E-state index contributed by atoms with van der Waals surface area (Å²) in [6.07, 6.45) is 0.682. The summed E-state index contributed by atoms with van der Waals surface area (Å²) in [6.45, 7) is 0.667. The topological polar surface area (TPSA) is 64.4 Å². The van der Waals surface area contributed by atoms with E-state index in [1.807, 2.05) is 17.5 Å². The van der Waals surface area contributed by atoms with E-state index < -0.39 is 6.10 Å². The molecule has 0 unspecified atom stereocenters. The minimum atomic E-state index is -0.780. The van der Waals surface area contributed by atoms with E-state index in [1.165, 1.54) is 22.2 Å². The highest BCUT2D eigenvalue weighted by Gasteiger charge is 2.10. The average molecular weight is 351 g/mol. The average Bonchev–Trinajstić information content (AvgIpc) is 3.01. The first-order chi connectivity index (χ1) is 11.1. The Bertz CT molecular complexity index is 844. The van der Waals surface area contributed by atoms with Crippen LogP contribution in [-0.4, -0.2) is 27.4 Å². The van der Waals surface area contributed by atoms with Crippen molar-refractivity contribution in [1.29, 1.82) is 0 Å². The molecule has 0 spiro atoms. The Morgan fingerprint density at radius 1 is 1.30 bits per heavy atom. The lowest BCUT2D eigenvalue weighted by atomic mass is 10.2. The first kappa shape index (κ1) is 16.1. The monoisotopic (exact) mass is 350 g/mol. The van der Waals surface area contributed by atoms with E-state index in [0.717, 1.165) is 5.56 Å². The molecule has 23 heavy (non-hydrogen) atoms. The van der Waals surface area contributed by atoms with Crippen molar-refractivity contribution in [2.75, 3.05) is 6.61 Å². The van der Waals surface area contributed by atoms with Gasteiger partial charge in [0.15, 0.2) is 0 Å². The summed E-state index contributed by atoms with van der Waals surface area (Å²) in [5, 5.41) is 13.1. The highest BCUT2D eigenvalue weighted by atomic mass is 35.5. The normalized spacial score (nSPS) is 12.6. The van der Waals surface area contributed by atoms with Gasteiger partial charge in [-0.15, -0.1) is 11.3 Å². The molecule has 1 aromatic carbocycles. The van der Waals surface area contributed by atoms with Crippen LogP contribution in [0.4, 0.5) is 0 Å². The molecule has 2 heterocycles. The zero-order chi connectivity index (χ0) is 16.2. The predicted octanol–water partition coefficient (Wildman–Crippen LogP) is 2.69. The SMILES string of the molecule is O=c1c2ccsc2ncn1C[C@H](O)COCc1ccc(Cl)cc1. The van der Waals surface area contributed by atoms with Crippen molar-refractivity contribution in [2.45, 2.75) is 19.3 Å². The lowest BCUT2D eigenvalue weighted by Crippen LogP contribution is -2.29. The van der Waals surface area contributed by atoms with Gasteiger partial charge in [-0.2, -0.15) is 0 Å². The van der Waals surface area contributed by atoms with Crippen LogP contribution in [0.1, 0.15) is 5.56 Å². The van der Waals surface area contributed by atoms with Gasteiger partial charge in [0.1, 0.15) is 4.83 Å². The molecule has 3 rings (SSSR count). The maximum absolute atomic E-state index is 12.2. The molecule has 1 N–H and O–H groups in total. The van der Waals surface area contributed by atoms with Crippen LogP contribution in [0.2, 0.25) is 5.02 Å². The minimum absolute atomic E-state index is 0.136. The van der Waals surface area contributed by atoms with E-state index in [-0.39, 0.29) is 18.7 Å². The molecular weight excluding hydrogens is 336 g/mol. The number of aliphatic hydroxyl groups is 1. The van der Waals surface area contributed by atoms with Gasteiger partial charge in [-0.3, -0.25) is 9.36 Å². The molecule has 7 heteroatoms. The molecule has 0 aliphatic rings. The van der Waals surface area contributed by atoms with Crippen molar-refractivity contribution < 1.29 is 9.84 Å². The number of benzene rings is 1. The van der Waals surface area contributed by atoms with Crippen molar-refractivity contribution in [2.24, 2.45) is 0 Å². The molecule has 3 aromatic rings. The van der Waals surface area contributed by atoms with Gasteiger partial charge in [-0.25, -0.2) is 4.98 Å². The Labute approximate surface area is 141 Å². The Morgan fingerprint density at radius 2 is 2.09 bits per heavy atom. The summed E-state index contributed by atoms with van der Waals surface area (Å²) < 4.78 is 6.89. The molecule has 5 nitrogen and oxygen atoms in total. The van der Waals surface area contributed by atoms with Crippen LogP contribution in [0.25, 0.3) is 10.2 Å². The number of nitrogens with zero attached hydrogens (tertiary/aromatic N) is 2. The van der Waals surface area contributed by atoms with E-state index in [9.17, 15) is 9.90 Å². The number of hydrogen-bond acceptors (Lipinski definition) is 5. The molecule has 0 radical (unpaired) electrons. The third kappa shape index (κ3) is 3.97. The predicted molar refractivity (Wildman–Crippen MR) is 91.0 cm³/mol. The molecule has 0 aliphatic carbocycles. The summed E-state index contributed by atoms with van der Waals surface area (Å²) in [4.78, 5) is 17.1. The largest absolute Gasteiger partial charge is 0.389 e. The van der Waals surface area contributed by atoms with Gasteiger partial charge in [0.2, 0.25) is 0 Å². The fourth-order valence-electron chi connectivity index (χ4n) is 2.20. The van der Waals surface area contributed by atoms with Crippen LogP contribution in [0.5, 0.6) is 0 Å². The number of rotatable bonds is 6. The third-order valence-corrected chi connectivity index (χ3v) is 4.42. The van der Waals surface area contributed by atoms with E-state index in [1.54, 1.807) is 18.2 Å². The summed E-state index contributed by atoms with van der Waals surface area (Å²) >= 11 is 7.24. The zero-order valence-corrected chi connectivity index (χ0v) is 13.8. The third-order valence-electron chi connectivity index (χ3n) is 3.35. The lowest BCUT2D eigenvalue weighted by Gasteiger charge is -2.13.